The van der Waals surface area contributed by atoms with Gasteiger partial charge in [-0.3, -0.25) is 0 Å². The normalized spacial score (nSPS) is 12.8. The van der Waals surface area contributed by atoms with Crippen molar-refractivity contribution in [3.8, 4) is 0 Å². The molecular formula is C42H80NO4+. The van der Waals surface area contributed by atoms with Crippen LogP contribution in [0.2, 0.25) is 0 Å². The van der Waals surface area contributed by atoms with Crippen molar-refractivity contribution in [2.45, 2.75) is 186 Å². The highest BCUT2D eigenvalue weighted by atomic mass is 16.5. The molecule has 1 unspecified atom stereocenters. The molecule has 0 aromatic carbocycles. The van der Waals surface area contributed by atoms with Crippen LogP contribution in [0.25, 0.3) is 0 Å². The van der Waals surface area contributed by atoms with Crippen molar-refractivity contribution < 1.29 is 23.5 Å². The second-order valence-corrected chi connectivity index (χ2v) is 14.8. The number of likely N-dealkylation sites (N-methyl/N-ethyl adjacent to an activating group) is 1. The van der Waals surface area contributed by atoms with E-state index in [-0.39, 0.29) is 6.10 Å². The SMILES string of the molecule is C[N+](C)(C)CC(COCCCCCCCC/C=C\CCCCCCCC=O)OCCCCCCCC/C=C\CCCCCCCC=O. The third-order valence-electron chi connectivity index (χ3n) is 8.80. The number of ether oxygens (including phenoxy) is 2. The Morgan fingerprint density at radius 1 is 0.426 bits per heavy atom. The topological polar surface area (TPSA) is 52.6 Å². The first kappa shape index (κ1) is 45.7. The quantitative estimate of drug-likeness (QED) is 0.0284. The van der Waals surface area contributed by atoms with Crippen molar-refractivity contribution in [1.82, 2.24) is 0 Å². The fourth-order valence-corrected chi connectivity index (χ4v) is 5.99. The third-order valence-corrected chi connectivity index (χ3v) is 8.80. The predicted octanol–water partition coefficient (Wildman–Crippen LogP) is 11.5. The average Bonchev–Trinajstić information content (AvgIpc) is 3.04. The zero-order valence-electron chi connectivity index (χ0n) is 31.7. The van der Waals surface area contributed by atoms with E-state index in [9.17, 15) is 9.59 Å². The van der Waals surface area contributed by atoms with E-state index < -0.39 is 0 Å². The first-order valence-corrected chi connectivity index (χ1v) is 20.2. The lowest BCUT2D eigenvalue weighted by Crippen LogP contribution is -2.44. The van der Waals surface area contributed by atoms with Crippen molar-refractivity contribution in [2.24, 2.45) is 0 Å². The highest BCUT2D eigenvalue weighted by Crippen LogP contribution is 2.12. The molecule has 0 rings (SSSR count). The van der Waals surface area contributed by atoms with Crippen LogP contribution in [-0.2, 0) is 19.1 Å². The van der Waals surface area contributed by atoms with Gasteiger partial charge in [0.1, 0.15) is 25.2 Å². The number of quaternary nitrogens is 1. The van der Waals surface area contributed by atoms with E-state index in [1.165, 1.54) is 141 Å². The fraction of sp³-hybridized carbons (Fsp3) is 0.857. The van der Waals surface area contributed by atoms with Crippen molar-refractivity contribution >= 4 is 12.6 Å². The monoisotopic (exact) mass is 663 g/mol. The summed E-state index contributed by atoms with van der Waals surface area (Å²) in [4.78, 5) is 20.6. The molecule has 1 atom stereocenters. The minimum absolute atomic E-state index is 0.186. The Balaban J connectivity index is 3.62. The molecule has 0 amide bonds. The number of allylic oxidation sites excluding steroid dienone is 4. The molecule has 0 N–H and O–H groups in total. The smallest absolute Gasteiger partial charge is 0.130 e. The van der Waals surface area contributed by atoms with Gasteiger partial charge >= 0.3 is 0 Å². The number of nitrogens with zero attached hydrogens (tertiary/aromatic N) is 1. The highest BCUT2D eigenvalue weighted by molar-refractivity contribution is 5.49. The molecule has 0 saturated heterocycles. The number of carbonyl (C=O) groups excluding carboxylic acids is 2. The number of hydrogen-bond acceptors (Lipinski definition) is 4. The summed E-state index contributed by atoms with van der Waals surface area (Å²) in [5, 5.41) is 0. The van der Waals surface area contributed by atoms with Gasteiger partial charge < -0.3 is 23.5 Å². The summed E-state index contributed by atoms with van der Waals surface area (Å²) >= 11 is 0. The summed E-state index contributed by atoms with van der Waals surface area (Å²) in [5.41, 5.74) is 0. The molecule has 5 heteroatoms. The first-order chi connectivity index (χ1) is 23.0. The number of unbranched alkanes of at least 4 members (excludes halogenated alkanes) is 24. The Kier molecular flexibility index (Phi) is 36.5. The largest absolute Gasteiger partial charge is 0.379 e. The summed E-state index contributed by atoms with van der Waals surface area (Å²) in [6.07, 6.45) is 45.8. The predicted molar refractivity (Wildman–Crippen MR) is 203 cm³/mol. The highest BCUT2D eigenvalue weighted by Gasteiger charge is 2.19. The van der Waals surface area contributed by atoms with Crippen molar-refractivity contribution in [3.05, 3.63) is 24.3 Å². The molecule has 0 aromatic rings. The van der Waals surface area contributed by atoms with Crippen molar-refractivity contribution in [1.29, 1.82) is 0 Å². The van der Waals surface area contributed by atoms with Crippen LogP contribution in [0.5, 0.6) is 0 Å². The third kappa shape index (κ3) is 40.8. The van der Waals surface area contributed by atoms with E-state index in [1.807, 2.05) is 0 Å². The fourth-order valence-electron chi connectivity index (χ4n) is 5.99. The van der Waals surface area contributed by atoms with Crippen LogP contribution in [0.15, 0.2) is 24.3 Å². The lowest BCUT2D eigenvalue weighted by Gasteiger charge is -2.29. The van der Waals surface area contributed by atoms with Gasteiger partial charge in [-0.2, -0.15) is 0 Å². The number of rotatable bonds is 39. The Bertz CT molecular complexity index is 699. The van der Waals surface area contributed by atoms with E-state index in [0.717, 1.165) is 81.9 Å². The van der Waals surface area contributed by atoms with Gasteiger partial charge in [0.05, 0.1) is 27.7 Å². The lowest BCUT2D eigenvalue weighted by atomic mass is 10.1. The van der Waals surface area contributed by atoms with E-state index in [2.05, 4.69) is 45.4 Å². The van der Waals surface area contributed by atoms with E-state index in [4.69, 9.17) is 9.47 Å². The van der Waals surface area contributed by atoms with Crippen LogP contribution in [0.1, 0.15) is 180 Å². The Labute approximate surface area is 293 Å². The molecule has 0 fully saturated rings. The summed E-state index contributed by atoms with van der Waals surface area (Å²) in [6.45, 7) is 3.42. The minimum atomic E-state index is 0.186. The minimum Gasteiger partial charge on any atom is -0.379 e. The van der Waals surface area contributed by atoms with Crippen LogP contribution in [-0.4, -0.2) is 70.7 Å². The van der Waals surface area contributed by atoms with Gasteiger partial charge in [-0.05, 0) is 77.0 Å². The van der Waals surface area contributed by atoms with E-state index in [1.54, 1.807) is 0 Å². The zero-order chi connectivity index (χ0) is 34.4. The zero-order valence-corrected chi connectivity index (χ0v) is 31.7. The molecular weight excluding hydrogens is 582 g/mol. The van der Waals surface area contributed by atoms with Crippen LogP contribution in [0.4, 0.5) is 0 Å². The maximum absolute atomic E-state index is 10.3. The molecule has 0 aliphatic rings. The second-order valence-electron chi connectivity index (χ2n) is 14.8. The van der Waals surface area contributed by atoms with E-state index >= 15 is 0 Å². The number of hydrogen-bond donors (Lipinski definition) is 0. The van der Waals surface area contributed by atoms with Crippen LogP contribution < -0.4 is 0 Å². The molecule has 0 spiro atoms. The Morgan fingerprint density at radius 2 is 0.745 bits per heavy atom. The molecule has 0 aliphatic carbocycles. The molecule has 0 radical (unpaired) electrons. The van der Waals surface area contributed by atoms with Gasteiger partial charge in [-0.1, -0.05) is 114 Å². The van der Waals surface area contributed by atoms with Crippen LogP contribution in [0.3, 0.4) is 0 Å². The number of carbonyl (C=O) groups is 2. The van der Waals surface area contributed by atoms with Crippen molar-refractivity contribution in [2.75, 3.05) is 47.5 Å². The summed E-state index contributed by atoms with van der Waals surface area (Å²) in [7, 11) is 6.72. The van der Waals surface area contributed by atoms with Crippen LogP contribution in [0, 0.1) is 0 Å². The molecule has 0 aliphatic heterocycles. The molecule has 0 heterocycles. The number of aldehydes is 2. The van der Waals surface area contributed by atoms with Crippen LogP contribution >= 0.6 is 0 Å². The maximum Gasteiger partial charge on any atom is 0.130 e. The van der Waals surface area contributed by atoms with Gasteiger partial charge in [0.15, 0.2) is 0 Å². The summed E-state index contributed by atoms with van der Waals surface area (Å²) in [6, 6.07) is 0. The molecule has 5 nitrogen and oxygen atoms in total. The van der Waals surface area contributed by atoms with Gasteiger partial charge in [0.2, 0.25) is 0 Å². The van der Waals surface area contributed by atoms with Gasteiger partial charge in [-0.25, -0.2) is 0 Å². The lowest BCUT2D eigenvalue weighted by molar-refractivity contribution is -0.873. The molecule has 0 bridgehead atoms. The van der Waals surface area contributed by atoms with E-state index in [0.29, 0.717) is 0 Å². The molecule has 47 heavy (non-hydrogen) atoms. The summed E-state index contributed by atoms with van der Waals surface area (Å²) in [5.74, 6) is 0. The first-order valence-electron chi connectivity index (χ1n) is 20.2. The maximum atomic E-state index is 10.3. The Morgan fingerprint density at radius 3 is 1.11 bits per heavy atom. The molecule has 0 saturated carbocycles. The van der Waals surface area contributed by atoms with Gasteiger partial charge in [0.25, 0.3) is 0 Å². The summed E-state index contributed by atoms with van der Waals surface area (Å²) < 4.78 is 13.3. The van der Waals surface area contributed by atoms with Gasteiger partial charge in [0, 0.05) is 26.1 Å². The van der Waals surface area contributed by atoms with Crippen molar-refractivity contribution in [3.63, 3.8) is 0 Å². The molecule has 276 valence electrons. The van der Waals surface area contributed by atoms with Gasteiger partial charge in [-0.15, -0.1) is 0 Å². The average molecular weight is 663 g/mol. The Hall–Kier alpha value is -1.30. The molecule has 0 aromatic heterocycles. The standard InChI is InChI=1S/C42H80NO4/c1-43(2,3)40-42(47-39-35-31-27-23-19-15-11-7-5-9-13-17-21-25-29-33-37-45)41-46-38-34-30-26-22-18-14-10-6-4-8-12-16-20-24-28-32-36-44/h4-7,36-37,42H,8-35,38-41H2,1-3H3/q+1/b6-4-,7-5-. The second kappa shape index (κ2) is 37.5.